The lowest BCUT2D eigenvalue weighted by Crippen LogP contribution is -2.52. The van der Waals surface area contributed by atoms with E-state index in [-0.39, 0.29) is 11.9 Å². The largest absolute Gasteiger partial charge is 0.330 e. The fourth-order valence-electron chi connectivity index (χ4n) is 5.56. The topological polar surface area (TPSA) is 81.8 Å². The Morgan fingerprint density at radius 1 is 1.07 bits per heavy atom. The number of carbonyl (C=O) groups is 3. The Bertz CT molecular complexity index is 817. The number of hydrogen-bond donors (Lipinski definition) is 2. The number of carbonyl (C=O) groups excluding carboxylic acids is 3. The van der Waals surface area contributed by atoms with Crippen LogP contribution in [0.25, 0.3) is 0 Å². The molecule has 0 radical (unpaired) electrons. The van der Waals surface area contributed by atoms with E-state index >= 15 is 0 Å². The molecule has 2 bridgehead atoms. The van der Waals surface area contributed by atoms with Gasteiger partial charge in [-0.2, -0.15) is 0 Å². The van der Waals surface area contributed by atoms with Crippen molar-refractivity contribution in [1.82, 2.24) is 20.4 Å². The number of hydrogen-bond acceptors (Lipinski definition) is 6. The lowest BCUT2D eigenvalue weighted by Gasteiger charge is -2.35. The predicted molar refractivity (Wildman–Crippen MR) is 107 cm³/mol. The van der Waals surface area contributed by atoms with Crippen molar-refractivity contribution in [2.45, 2.75) is 62.9 Å². The summed E-state index contributed by atoms with van der Waals surface area (Å²) in [5.41, 5.74) is 3.21. The maximum Gasteiger partial charge on any atom is 0.254 e. The summed E-state index contributed by atoms with van der Waals surface area (Å²) >= 11 is 0. The Kier molecular flexibility index (Phi) is 4.97. The molecule has 0 spiro atoms. The molecule has 154 valence electrons. The third-order valence-corrected chi connectivity index (χ3v) is 7.19. The lowest BCUT2D eigenvalue weighted by molar-refractivity contribution is -0.131. The molecule has 0 saturated carbocycles. The SMILES string of the molecule is O=CC(=O)C1CCC(N2Cc3cc(CN4C5CCC4CNC5)ccc3C2=O)CN1. The third-order valence-electron chi connectivity index (χ3n) is 7.19. The van der Waals surface area contributed by atoms with Crippen LogP contribution in [0.4, 0.5) is 0 Å². The standard InChI is InChI=1S/C22H28N4O3/c27-13-21(28)20-6-4-18(10-24-20)26-12-15-7-14(1-5-19(15)22(26)29)11-25-16-2-3-17(25)9-23-8-16/h1,5,7,13,16-18,20,23-24H,2-4,6,8-12H2. The molecule has 1 aromatic rings. The minimum absolute atomic E-state index is 0.0677. The molecule has 0 aromatic heterocycles. The predicted octanol–water partition coefficient (Wildman–Crippen LogP) is 0.467. The van der Waals surface area contributed by atoms with Crippen LogP contribution < -0.4 is 10.6 Å². The van der Waals surface area contributed by atoms with E-state index < -0.39 is 11.8 Å². The Hall–Kier alpha value is -2.09. The van der Waals surface area contributed by atoms with Gasteiger partial charge in [-0.25, -0.2) is 0 Å². The number of ketones is 1. The number of rotatable bonds is 5. The van der Waals surface area contributed by atoms with Gasteiger partial charge in [-0.05, 0) is 42.9 Å². The average molecular weight is 396 g/mol. The van der Waals surface area contributed by atoms with Gasteiger partial charge < -0.3 is 15.5 Å². The molecule has 4 heterocycles. The van der Waals surface area contributed by atoms with Crippen LogP contribution in [0.15, 0.2) is 18.2 Å². The van der Waals surface area contributed by atoms with Crippen LogP contribution in [0.5, 0.6) is 0 Å². The first kappa shape index (κ1) is 18.9. The molecule has 7 nitrogen and oxygen atoms in total. The first-order chi connectivity index (χ1) is 14.1. The summed E-state index contributed by atoms with van der Waals surface area (Å²) in [5.74, 6) is -0.313. The number of piperazine rings is 1. The smallest absolute Gasteiger partial charge is 0.254 e. The fraction of sp³-hybridized carbons (Fsp3) is 0.591. The molecule has 1 aromatic carbocycles. The van der Waals surface area contributed by atoms with Gasteiger partial charge in [0.05, 0.1) is 6.04 Å². The molecule has 4 aliphatic heterocycles. The minimum atomic E-state index is -0.398. The molecule has 29 heavy (non-hydrogen) atoms. The quantitative estimate of drug-likeness (QED) is 0.556. The van der Waals surface area contributed by atoms with Crippen LogP contribution in [0.1, 0.15) is 47.2 Å². The summed E-state index contributed by atoms with van der Waals surface area (Å²) in [6, 6.07) is 7.25. The molecular weight excluding hydrogens is 368 g/mol. The zero-order chi connectivity index (χ0) is 20.0. The van der Waals surface area contributed by atoms with Crippen molar-refractivity contribution >= 4 is 18.0 Å². The zero-order valence-electron chi connectivity index (χ0n) is 16.6. The lowest BCUT2D eigenvalue weighted by atomic mass is 9.97. The van der Waals surface area contributed by atoms with E-state index in [0.717, 1.165) is 37.2 Å². The van der Waals surface area contributed by atoms with Gasteiger partial charge in [-0.15, -0.1) is 0 Å². The van der Waals surface area contributed by atoms with Crippen molar-refractivity contribution in [3.8, 4) is 0 Å². The number of amides is 1. The number of piperidine rings is 1. The summed E-state index contributed by atoms with van der Waals surface area (Å²) < 4.78 is 0. The number of nitrogens with zero attached hydrogens (tertiary/aromatic N) is 2. The molecule has 5 rings (SSSR count). The Morgan fingerprint density at radius 2 is 1.83 bits per heavy atom. The van der Waals surface area contributed by atoms with Gasteiger partial charge in [-0.1, -0.05) is 12.1 Å². The molecular formula is C22H28N4O3. The van der Waals surface area contributed by atoms with Gasteiger partial charge in [0.15, 0.2) is 6.29 Å². The maximum absolute atomic E-state index is 12.9. The number of benzene rings is 1. The second kappa shape index (κ2) is 7.63. The number of fused-ring (bicyclic) bond motifs is 3. The minimum Gasteiger partial charge on any atom is -0.330 e. The van der Waals surface area contributed by atoms with Crippen molar-refractivity contribution in [2.75, 3.05) is 19.6 Å². The number of aldehydes is 1. The van der Waals surface area contributed by atoms with Crippen molar-refractivity contribution in [3.63, 3.8) is 0 Å². The van der Waals surface area contributed by atoms with Crippen molar-refractivity contribution in [2.24, 2.45) is 0 Å². The summed E-state index contributed by atoms with van der Waals surface area (Å²) in [7, 11) is 0. The van der Waals surface area contributed by atoms with Crippen molar-refractivity contribution in [3.05, 3.63) is 34.9 Å². The highest BCUT2D eigenvalue weighted by Crippen LogP contribution is 2.31. The fourth-order valence-corrected chi connectivity index (χ4v) is 5.56. The molecule has 7 heteroatoms. The van der Waals surface area contributed by atoms with Crippen LogP contribution >= 0.6 is 0 Å². The van der Waals surface area contributed by atoms with E-state index in [2.05, 4.69) is 27.7 Å². The summed E-state index contributed by atoms with van der Waals surface area (Å²) in [4.78, 5) is 39.8. The van der Waals surface area contributed by atoms with E-state index in [1.165, 1.54) is 18.4 Å². The third kappa shape index (κ3) is 3.41. The van der Waals surface area contributed by atoms with E-state index in [0.29, 0.717) is 37.9 Å². The first-order valence-corrected chi connectivity index (χ1v) is 10.8. The summed E-state index contributed by atoms with van der Waals surface area (Å²) in [6.07, 6.45) is 4.28. The van der Waals surface area contributed by atoms with Gasteiger partial charge in [0.25, 0.3) is 5.91 Å². The van der Waals surface area contributed by atoms with Crippen LogP contribution in [0.2, 0.25) is 0 Å². The highest BCUT2D eigenvalue weighted by atomic mass is 16.2. The molecule has 3 saturated heterocycles. The van der Waals surface area contributed by atoms with E-state index in [9.17, 15) is 14.4 Å². The maximum atomic E-state index is 12.9. The Balaban J connectivity index is 1.25. The second-order valence-electron chi connectivity index (χ2n) is 8.85. The molecule has 2 N–H and O–H groups in total. The van der Waals surface area contributed by atoms with E-state index in [1.54, 1.807) is 0 Å². The first-order valence-electron chi connectivity index (χ1n) is 10.8. The van der Waals surface area contributed by atoms with Gasteiger partial charge in [0, 0.05) is 56.4 Å². The number of nitrogens with one attached hydrogen (secondary N) is 2. The van der Waals surface area contributed by atoms with Crippen LogP contribution in [-0.2, 0) is 22.7 Å². The summed E-state index contributed by atoms with van der Waals surface area (Å²) in [6.45, 7) is 4.31. The van der Waals surface area contributed by atoms with Crippen LogP contribution in [-0.4, -0.2) is 71.6 Å². The van der Waals surface area contributed by atoms with Gasteiger partial charge in [0.2, 0.25) is 5.78 Å². The number of Topliss-reactive ketones (excluding diaryl/α,β-unsaturated/α-hetero) is 1. The van der Waals surface area contributed by atoms with E-state index in [1.807, 2.05) is 11.0 Å². The highest BCUT2D eigenvalue weighted by Gasteiger charge is 2.38. The molecule has 4 aliphatic rings. The normalized spacial score (nSPS) is 31.7. The Morgan fingerprint density at radius 3 is 2.52 bits per heavy atom. The zero-order valence-corrected chi connectivity index (χ0v) is 16.6. The van der Waals surface area contributed by atoms with Gasteiger partial charge >= 0.3 is 0 Å². The van der Waals surface area contributed by atoms with Crippen LogP contribution in [0, 0.1) is 0 Å². The monoisotopic (exact) mass is 396 g/mol. The van der Waals surface area contributed by atoms with Crippen LogP contribution in [0.3, 0.4) is 0 Å². The summed E-state index contributed by atoms with van der Waals surface area (Å²) in [5, 5.41) is 6.67. The molecule has 4 unspecified atom stereocenters. The highest BCUT2D eigenvalue weighted by molar-refractivity contribution is 6.27. The average Bonchev–Trinajstić information content (AvgIpc) is 3.17. The molecule has 1 amide bonds. The second-order valence-corrected chi connectivity index (χ2v) is 8.85. The van der Waals surface area contributed by atoms with Gasteiger partial charge in [-0.3, -0.25) is 19.3 Å². The Labute approximate surface area is 170 Å². The van der Waals surface area contributed by atoms with Gasteiger partial charge in [0.1, 0.15) is 0 Å². The molecule has 4 atom stereocenters. The molecule has 3 fully saturated rings. The van der Waals surface area contributed by atoms with Crippen molar-refractivity contribution < 1.29 is 14.4 Å². The van der Waals surface area contributed by atoms with Crippen molar-refractivity contribution in [1.29, 1.82) is 0 Å². The van der Waals surface area contributed by atoms with E-state index in [4.69, 9.17) is 0 Å². The molecule has 0 aliphatic carbocycles.